The number of amides is 2. The Balaban J connectivity index is 1.15. The molecule has 1 aromatic carbocycles. The smallest absolute Gasteiger partial charge is 0.255 e. The molecule has 178 valence electrons. The van der Waals surface area contributed by atoms with Crippen LogP contribution >= 0.6 is 11.3 Å². The zero-order valence-electron chi connectivity index (χ0n) is 19.1. The summed E-state index contributed by atoms with van der Waals surface area (Å²) in [5, 5.41) is 9.10. The number of nitrogens with zero attached hydrogens (tertiary/aromatic N) is 4. The lowest BCUT2D eigenvalue weighted by Gasteiger charge is -2.30. The summed E-state index contributed by atoms with van der Waals surface area (Å²) < 4.78 is 5.42. The second kappa shape index (κ2) is 10.5. The van der Waals surface area contributed by atoms with Gasteiger partial charge < -0.3 is 14.7 Å². The van der Waals surface area contributed by atoms with Crippen LogP contribution in [0, 0.1) is 5.92 Å². The number of aromatic nitrogens is 2. The van der Waals surface area contributed by atoms with Gasteiger partial charge in [0.2, 0.25) is 17.6 Å². The highest BCUT2D eigenvalue weighted by Crippen LogP contribution is 2.25. The largest absolute Gasteiger partial charge is 0.339 e. The molecule has 0 bridgehead atoms. The van der Waals surface area contributed by atoms with E-state index in [1.165, 1.54) is 6.42 Å². The Morgan fingerprint density at radius 2 is 1.82 bits per heavy atom. The normalized spacial score (nSPS) is 17.6. The van der Waals surface area contributed by atoms with Crippen LogP contribution in [-0.2, 0) is 11.3 Å². The van der Waals surface area contributed by atoms with Crippen LogP contribution < -0.4 is 5.32 Å². The molecule has 8 nitrogen and oxygen atoms in total. The molecule has 2 aliphatic rings. The van der Waals surface area contributed by atoms with Gasteiger partial charge in [-0.3, -0.25) is 14.5 Å². The van der Waals surface area contributed by atoms with Crippen molar-refractivity contribution in [3.05, 3.63) is 53.2 Å². The van der Waals surface area contributed by atoms with Crippen LogP contribution in [0.4, 0.5) is 5.69 Å². The molecular weight excluding hydrogens is 450 g/mol. The molecule has 0 aliphatic carbocycles. The van der Waals surface area contributed by atoms with Gasteiger partial charge in [0.05, 0.1) is 22.7 Å². The highest BCUT2D eigenvalue weighted by molar-refractivity contribution is 7.13. The standard InChI is InChI=1S/C25H29N5O3S/c31-24(26-20-8-3-2-7-19(20)25(32)30-12-4-1-5-13-30)18-10-14-29(15-11-18)17-22-27-23(28-33-22)21-9-6-16-34-21/h2-3,6-9,16,18H,1,4-5,10-15,17H2,(H,26,31). The number of thiophene rings is 1. The molecule has 2 amide bonds. The third kappa shape index (κ3) is 5.20. The quantitative estimate of drug-likeness (QED) is 0.568. The molecule has 2 saturated heterocycles. The molecular formula is C25H29N5O3S. The topological polar surface area (TPSA) is 91.6 Å². The molecule has 5 rings (SSSR count). The minimum absolute atomic E-state index is 0.00638. The van der Waals surface area contributed by atoms with E-state index in [0.29, 0.717) is 29.5 Å². The van der Waals surface area contributed by atoms with Crippen molar-refractivity contribution in [2.24, 2.45) is 5.92 Å². The van der Waals surface area contributed by atoms with Crippen molar-refractivity contribution in [2.75, 3.05) is 31.5 Å². The first-order valence-electron chi connectivity index (χ1n) is 12.0. The van der Waals surface area contributed by atoms with Crippen LogP contribution in [0.25, 0.3) is 10.7 Å². The lowest BCUT2D eigenvalue weighted by Crippen LogP contribution is -2.38. The number of nitrogens with one attached hydrogen (secondary N) is 1. The van der Waals surface area contributed by atoms with Crippen molar-refractivity contribution in [1.82, 2.24) is 19.9 Å². The lowest BCUT2D eigenvalue weighted by molar-refractivity contribution is -0.121. The molecule has 0 unspecified atom stereocenters. The number of likely N-dealkylation sites (tertiary alicyclic amines) is 2. The third-order valence-electron chi connectivity index (χ3n) is 6.59. The SMILES string of the molecule is O=C(Nc1ccccc1C(=O)N1CCCCC1)C1CCN(Cc2nc(-c3cccs3)no2)CC1. The van der Waals surface area contributed by atoms with E-state index >= 15 is 0 Å². The van der Waals surface area contributed by atoms with E-state index in [1.807, 2.05) is 46.7 Å². The minimum Gasteiger partial charge on any atom is -0.339 e. The van der Waals surface area contributed by atoms with Gasteiger partial charge in [-0.1, -0.05) is 23.4 Å². The van der Waals surface area contributed by atoms with Crippen LogP contribution in [0.3, 0.4) is 0 Å². The van der Waals surface area contributed by atoms with Gasteiger partial charge in [-0.25, -0.2) is 0 Å². The maximum absolute atomic E-state index is 13.0. The van der Waals surface area contributed by atoms with Crippen LogP contribution in [0.1, 0.15) is 48.4 Å². The molecule has 9 heteroatoms. The van der Waals surface area contributed by atoms with Gasteiger partial charge in [0.1, 0.15) is 0 Å². The Morgan fingerprint density at radius 3 is 2.59 bits per heavy atom. The number of piperidine rings is 2. The van der Waals surface area contributed by atoms with E-state index in [9.17, 15) is 9.59 Å². The van der Waals surface area contributed by atoms with Crippen molar-refractivity contribution in [2.45, 2.75) is 38.6 Å². The van der Waals surface area contributed by atoms with E-state index in [1.54, 1.807) is 11.3 Å². The van der Waals surface area contributed by atoms with E-state index in [-0.39, 0.29) is 17.7 Å². The maximum atomic E-state index is 13.0. The summed E-state index contributed by atoms with van der Waals surface area (Å²) in [7, 11) is 0. The average Bonchev–Trinajstić information content (AvgIpc) is 3.57. The lowest BCUT2D eigenvalue weighted by atomic mass is 9.95. The average molecular weight is 480 g/mol. The summed E-state index contributed by atoms with van der Waals surface area (Å²) in [4.78, 5) is 35.7. The van der Waals surface area contributed by atoms with Gasteiger partial charge in [-0.05, 0) is 68.8 Å². The molecule has 34 heavy (non-hydrogen) atoms. The molecule has 0 spiro atoms. The van der Waals surface area contributed by atoms with Crippen molar-refractivity contribution in [1.29, 1.82) is 0 Å². The van der Waals surface area contributed by atoms with Gasteiger partial charge in [-0.2, -0.15) is 4.98 Å². The van der Waals surface area contributed by atoms with Gasteiger partial charge in [-0.15, -0.1) is 11.3 Å². The number of hydrogen-bond acceptors (Lipinski definition) is 7. The molecule has 3 aromatic rings. The summed E-state index contributed by atoms with van der Waals surface area (Å²) in [6.45, 7) is 3.72. The van der Waals surface area contributed by atoms with Crippen molar-refractivity contribution in [3.8, 4) is 10.7 Å². The fourth-order valence-corrected chi connectivity index (χ4v) is 5.30. The summed E-state index contributed by atoms with van der Waals surface area (Å²) in [6, 6.07) is 11.3. The molecule has 0 atom stereocenters. The third-order valence-corrected chi connectivity index (χ3v) is 7.45. The Hall–Kier alpha value is -3.04. The Labute approximate surface area is 202 Å². The number of rotatable bonds is 6. The first-order valence-corrected chi connectivity index (χ1v) is 12.8. The van der Waals surface area contributed by atoms with Crippen molar-refractivity contribution in [3.63, 3.8) is 0 Å². The fraction of sp³-hybridized carbons (Fsp3) is 0.440. The molecule has 0 radical (unpaired) electrons. The molecule has 1 N–H and O–H groups in total. The minimum atomic E-state index is -0.0845. The van der Waals surface area contributed by atoms with E-state index < -0.39 is 0 Å². The number of anilines is 1. The number of hydrogen-bond donors (Lipinski definition) is 1. The Kier molecular flexibility index (Phi) is 7.01. The summed E-state index contributed by atoms with van der Waals surface area (Å²) in [5.74, 6) is 1.12. The van der Waals surface area contributed by atoms with E-state index in [4.69, 9.17) is 4.52 Å². The van der Waals surface area contributed by atoms with Crippen molar-refractivity contribution >= 4 is 28.8 Å². The predicted molar refractivity (Wildman–Crippen MR) is 130 cm³/mol. The number of para-hydroxylation sites is 1. The molecule has 4 heterocycles. The highest BCUT2D eigenvalue weighted by atomic mass is 32.1. The Morgan fingerprint density at radius 1 is 1.03 bits per heavy atom. The summed E-state index contributed by atoms with van der Waals surface area (Å²) >= 11 is 1.58. The highest BCUT2D eigenvalue weighted by Gasteiger charge is 2.28. The number of carbonyl (C=O) groups excluding carboxylic acids is 2. The van der Waals surface area contributed by atoms with Crippen molar-refractivity contribution < 1.29 is 14.1 Å². The number of carbonyl (C=O) groups is 2. The number of benzene rings is 1. The first kappa shape index (κ1) is 22.7. The van der Waals surface area contributed by atoms with Crippen LogP contribution in [0.5, 0.6) is 0 Å². The van der Waals surface area contributed by atoms with Gasteiger partial charge in [0, 0.05) is 19.0 Å². The van der Waals surface area contributed by atoms with Gasteiger partial charge >= 0.3 is 0 Å². The predicted octanol–water partition coefficient (Wildman–Crippen LogP) is 4.27. The maximum Gasteiger partial charge on any atom is 0.255 e. The monoisotopic (exact) mass is 479 g/mol. The molecule has 0 saturated carbocycles. The first-order chi connectivity index (χ1) is 16.7. The van der Waals surface area contributed by atoms with Gasteiger partial charge in [0.15, 0.2) is 0 Å². The molecule has 2 aromatic heterocycles. The zero-order valence-corrected chi connectivity index (χ0v) is 19.9. The van der Waals surface area contributed by atoms with E-state index in [2.05, 4.69) is 20.4 Å². The van der Waals surface area contributed by atoms with Crippen LogP contribution in [-0.4, -0.2) is 57.9 Å². The second-order valence-electron chi connectivity index (χ2n) is 8.93. The zero-order chi connectivity index (χ0) is 23.3. The van der Waals surface area contributed by atoms with Crippen LogP contribution in [0.2, 0.25) is 0 Å². The van der Waals surface area contributed by atoms with Crippen LogP contribution in [0.15, 0.2) is 46.3 Å². The molecule has 2 aliphatic heterocycles. The summed E-state index contributed by atoms with van der Waals surface area (Å²) in [5.41, 5.74) is 1.19. The fourth-order valence-electron chi connectivity index (χ4n) is 4.65. The van der Waals surface area contributed by atoms with Gasteiger partial charge in [0.25, 0.3) is 5.91 Å². The summed E-state index contributed by atoms with van der Waals surface area (Å²) in [6.07, 6.45) is 4.75. The Bertz CT molecular complexity index is 1120. The van der Waals surface area contributed by atoms with E-state index in [0.717, 1.165) is 56.7 Å². The molecule has 2 fully saturated rings. The second-order valence-corrected chi connectivity index (χ2v) is 9.87.